The molecule has 0 spiro atoms. The Morgan fingerprint density at radius 3 is 2.40 bits per heavy atom. The van der Waals surface area contributed by atoms with Gasteiger partial charge in [0, 0.05) is 0 Å². The predicted molar refractivity (Wildman–Crippen MR) is 82.4 cm³/mol. The third-order valence-electron chi connectivity index (χ3n) is 3.17. The number of ether oxygens (including phenoxy) is 1. The summed E-state index contributed by atoms with van der Waals surface area (Å²) in [5.41, 5.74) is 1.09. The monoisotopic (exact) mass is 289 g/mol. The SMILES string of the molecule is COc1ccc(C(NC(=O)c2cccs2)C(C)C)cc1. The molecule has 1 amide bonds. The van der Waals surface area contributed by atoms with Gasteiger partial charge in [-0.05, 0) is 35.1 Å². The molecule has 20 heavy (non-hydrogen) atoms. The maximum Gasteiger partial charge on any atom is 0.261 e. The lowest BCUT2D eigenvalue weighted by atomic mass is 9.96. The van der Waals surface area contributed by atoms with Gasteiger partial charge in [0.2, 0.25) is 0 Å². The lowest BCUT2D eigenvalue weighted by Gasteiger charge is -2.22. The Hall–Kier alpha value is -1.81. The third-order valence-corrected chi connectivity index (χ3v) is 4.04. The van der Waals surface area contributed by atoms with Crippen molar-refractivity contribution in [1.82, 2.24) is 5.32 Å². The molecule has 0 saturated carbocycles. The second-order valence-electron chi connectivity index (χ2n) is 4.95. The van der Waals surface area contributed by atoms with Crippen LogP contribution in [-0.2, 0) is 0 Å². The molecule has 2 rings (SSSR count). The van der Waals surface area contributed by atoms with Gasteiger partial charge < -0.3 is 10.1 Å². The van der Waals surface area contributed by atoms with E-state index in [1.54, 1.807) is 7.11 Å². The smallest absolute Gasteiger partial charge is 0.261 e. The molecule has 0 bridgehead atoms. The quantitative estimate of drug-likeness (QED) is 0.907. The average Bonchev–Trinajstić information content (AvgIpc) is 2.98. The highest BCUT2D eigenvalue weighted by Gasteiger charge is 2.19. The largest absolute Gasteiger partial charge is 0.497 e. The fraction of sp³-hybridized carbons (Fsp3) is 0.312. The molecule has 106 valence electrons. The molecule has 0 aliphatic carbocycles. The Morgan fingerprint density at radius 1 is 1.20 bits per heavy atom. The Bertz CT molecular complexity index is 546. The van der Waals surface area contributed by atoms with Gasteiger partial charge in [0.25, 0.3) is 5.91 Å². The number of amides is 1. The van der Waals surface area contributed by atoms with Gasteiger partial charge in [-0.15, -0.1) is 11.3 Å². The first-order valence-electron chi connectivity index (χ1n) is 6.60. The number of hydrogen-bond donors (Lipinski definition) is 1. The molecule has 1 atom stereocenters. The number of benzene rings is 1. The zero-order chi connectivity index (χ0) is 14.5. The van der Waals surface area contributed by atoms with E-state index < -0.39 is 0 Å². The Balaban J connectivity index is 2.16. The zero-order valence-corrected chi connectivity index (χ0v) is 12.7. The number of hydrogen-bond acceptors (Lipinski definition) is 3. The van der Waals surface area contributed by atoms with Crippen LogP contribution in [0, 0.1) is 5.92 Å². The highest BCUT2D eigenvalue weighted by molar-refractivity contribution is 7.12. The standard InChI is InChI=1S/C16H19NO2S/c1-11(2)15(12-6-8-13(19-3)9-7-12)17-16(18)14-5-4-10-20-14/h4-11,15H,1-3H3,(H,17,18). The van der Waals surface area contributed by atoms with Gasteiger partial charge in [0.1, 0.15) is 5.75 Å². The van der Waals surface area contributed by atoms with Crippen LogP contribution in [0.4, 0.5) is 0 Å². The van der Waals surface area contributed by atoms with Crippen LogP contribution in [0.3, 0.4) is 0 Å². The molecule has 0 aliphatic rings. The average molecular weight is 289 g/mol. The van der Waals surface area contributed by atoms with Crippen molar-refractivity contribution in [2.45, 2.75) is 19.9 Å². The minimum absolute atomic E-state index is 0.00416. The van der Waals surface area contributed by atoms with E-state index in [1.165, 1.54) is 11.3 Å². The molecule has 2 aromatic rings. The second kappa shape index (κ2) is 6.57. The first kappa shape index (κ1) is 14.6. The van der Waals surface area contributed by atoms with E-state index in [2.05, 4.69) is 19.2 Å². The van der Waals surface area contributed by atoms with Crippen molar-refractivity contribution in [3.8, 4) is 5.75 Å². The molecule has 1 unspecified atom stereocenters. The van der Waals surface area contributed by atoms with E-state index in [-0.39, 0.29) is 11.9 Å². The normalized spacial score (nSPS) is 12.2. The first-order valence-corrected chi connectivity index (χ1v) is 7.48. The molecule has 1 N–H and O–H groups in total. The van der Waals surface area contributed by atoms with Crippen LogP contribution < -0.4 is 10.1 Å². The maximum absolute atomic E-state index is 12.2. The van der Waals surface area contributed by atoms with Gasteiger partial charge in [-0.3, -0.25) is 4.79 Å². The molecule has 0 radical (unpaired) electrons. The molecule has 4 heteroatoms. The Morgan fingerprint density at radius 2 is 1.90 bits per heavy atom. The van der Waals surface area contributed by atoms with E-state index in [1.807, 2.05) is 41.8 Å². The molecule has 0 aliphatic heterocycles. The highest BCUT2D eigenvalue weighted by Crippen LogP contribution is 2.24. The van der Waals surface area contributed by atoms with Crippen LogP contribution in [0.2, 0.25) is 0 Å². The van der Waals surface area contributed by atoms with Crippen molar-refractivity contribution >= 4 is 17.2 Å². The van der Waals surface area contributed by atoms with Gasteiger partial charge in [-0.25, -0.2) is 0 Å². The zero-order valence-electron chi connectivity index (χ0n) is 11.9. The third kappa shape index (κ3) is 3.39. The van der Waals surface area contributed by atoms with E-state index >= 15 is 0 Å². The number of rotatable bonds is 5. The Kier molecular flexibility index (Phi) is 4.79. The van der Waals surface area contributed by atoms with Crippen LogP contribution >= 0.6 is 11.3 Å². The topological polar surface area (TPSA) is 38.3 Å². The maximum atomic E-state index is 12.2. The summed E-state index contributed by atoms with van der Waals surface area (Å²) in [5.74, 6) is 1.11. The van der Waals surface area contributed by atoms with Crippen LogP contribution in [0.5, 0.6) is 5.75 Å². The molecule has 0 fully saturated rings. The minimum Gasteiger partial charge on any atom is -0.497 e. The van der Waals surface area contributed by atoms with E-state index in [9.17, 15) is 4.79 Å². The van der Waals surface area contributed by atoms with Crippen molar-refractivity contribution in [1.29, 1.82) is 0 Å². The fourth-order valence-electron chi connectivity index (χ4n) is 2.07. The first-order chi connectivity index (χ1) is 9.61. The molecular weight excluding hydrogens is 270 g/mol. The summed E-state index contributed by atoms with van der Waals surface area (Å²) in [6, 6.07) is 11.6. The van der Waals surface area contributed by atoms with E-state index in [0.29, 0.717) is 5.92 Å². The molecule has 1 aromatic carbocycles. The fourth-order valence-corrected chi connectivity index (χ4v) is 2.69. The molecule has 3 nitrogen and oxygen atoms in total. The van der Waals surface area contributed by atoms with Crippen LogP contribution in [0.25, 0.3) is 0 Å². The number of carbonyl (C=O) groups excluding carboxylic acids is 1. The lowest BCUT2D eigenvalue weighted by molar-refractivity contribution is 0.0930. The van der Waals surface area contributed by atoms with E-state index in [0.717, 1.165) is 16.2 Å². The summed E-state index contributed by atoms with van der Waals surface area (Å²) in [7, 11) is 1.65. The van der Waals surface area contributed by atoms with Crippen molar-refractivity contribution in [2.24, 2.45) is 5.92 Å². The van der Waals surface area contributed by atoms with Gasteiger partial charge in [0.15, 0.2) is 0 Å². The van der Waals surface area contributed by atoms with Crippen LogP contribution in [0.1, 0.15) is 35.1 Å². The number of thiophene rings is 1. The summed E-state index contributed by atoms with van der Waals surface area (Å²) < 4.78 is 5.16. The highest BCUT2D eigenvalue weighted by atomic mass is 32.1. The van der Waals surface area contributed by atoms with Crippen molar-refractivity contribution in [3.05, 3.63) is 52.2 Å². The summed E-state index contributed by atoms with van der Waals surface area (Å²) in [5, 5.41) is 5.01. The second-order valence-corrected chi connectivity index (χ2v) is 5.89. The van der Waals surface area contributed by atoms with Gasteiger partial charge in [-0.1, -0.05) is 32.0 Å². The summed E-state index contributed by atoms with van der Waals surface area (Å²) in [6.07, 6.45) is 0. The molecule has 1 heterocycles. The lowest BCUT2D eigenvalue weighted by Crippen LogP contribution is -2.31. The van der Waals surface area contributed by atoms with Crippen molar-refractivity contribution in [2.75, 3.05) is 7.11 Å². The molecular formula is C16H19NO2S. The molecule has 0 saturated heterocycles. The summed E-state index contributed by atoms with van der Waals surface area (Å²) in [6.45, 7) is 4.20. The number of carbonyl (C=O) groups is 1. The van der Waals surface area contributed by atoms with Crippen LogP contribution in [0.15, 0.2) is 41.8 Å². The molecule has 1 aromatic heterocycles. The van der Waals surface area contributed by atoms with Crippen LogP contribution in [-0.4, -0.2) is 13.0 Å². The summed E-state index contributed by atoms with van der Waals surface area (Å²) in [4.78, 5) is 12.9. The number of methoxy groups -OCH3 is 1. The van der Waals surface area contributed by atoms with Gasteiger partial charge in [-0.2, -0.15) is 0 Å². The predicted octanol–water partition coefficient (Wildman–Crippen LogP) is 3.88. The summed E-state index contributed by atoms with van der Waals surface area (Å²) >= 11 is 1.45. The number of nitrogens with one attached hydrogen (secondary N) is 1. The van der Waals surface area contributed by atoms with Crippen molar-refractivity contribution < 1.29 is 9.53 Å². The van der Waals surface area contributed by atoms with Gasteiger partial charge in [0.05, 0.1) is 18.0 Å². The van der Waals surface area contributed by atoms with Crippen molar-refractivity contribution in [3.63, 3.8) is 0 Å². The van der Waals surface area contributed by atoms with Gasteiger partial charge >= 0.3 is 0 Å². The minimum atomic E-state index is -0.0190. The Labute approximate surface area is 123 Å². The van der Waals surface area contributed by atoms with E-state index in [4.69, 9.17) is 4.74 Å².